The molecule has 1 aromatic heterocycles. The van der Waals surface area contributed by atoms with Crippen LogP contribution in [0.25, 0.3) is 10.8 Å². The maximum Gasteiger partial charge on any atom is 0.357 e. The summed E-state index contributed by atoms with van der Waals surface area (Å²) in [7, 11) is -3.69. The summed E-state index contributed by atoms with van der Waals surface area (Å²) in [6, 6.07) is 12.6. The Morgan fingerprint density at radius 3 is 2.47 bits per heavy atom. The number of benzene rings is 2. The number of carboxylic acid groups (broad SMARTS) is 1. The molecule has 0 bridgehead atoms. The molecule has 1 saturated heterocycles. The summed E-state index contributed by atoms with van der Waals surface area (Å²) in [5, 5.41) is 14.0. The van der Waals surface area contributed by atoms with Gasteiger partial charge in [-0.1, -0.05) is 30.3 Å². The van der Waals surface area contributed by atoms with Crippen molar-refractivity contribution in [1.82, 2.24) is 14.1 Å². The third kappa shape index (κ3) is 3.72. The van der Waals surface area contributed by atoms with Gasteiger partial charge in [-0.15, -0.1) is 0 Å². The van der Waals surface area contributed by atoms with Crippen LogP contribution in [0.2, 0.25) is 0 Å². The lowest BCUT2D eigenvalue weighted by Crippen LogP contribution is -2.40. The van der Waals surface area contributed by atoms with Crippen molar-refractivity contribution < 1.29 is 23.1 Å². The van der Waals surface area contributed by atoms with Gasteiger partial charge in [0.25, 0.3) is 5.56 Å². The third-order valence-electron chi connectivity index (χ3n) is 4.91. The lowest BCUT2D eigenvalue weighted by molar-refractivity contribution is 0.0690. The molecule has 0 aliphatic carbocycles. The Bertz CT molecular complexity index is 1280. The van der Waals surface area contributed by atoms with Gasteiger partial charge in [0.15, 0.2) is 5.69 Å². The van der Waals surface area contributed by atoms with Crippen LogP contribution in [0.15, 0.2) is 58.2 Å². The van der Waals surface area contributed by atoms with Gasteiger partial charge < -0.3 is 9.84 Å². The summed E-state index contributed by atoms with van der Waals surface area (Å²) in [6.07, 6.45) is 0. The molecule has 2 heterocycles. The molecule has 0 spiro atoms. The second-order valence-corrected chi connectivity index (χ2v) is 8.76. The molecule has 4 rings (SSSR count). The highest BCUT2D eigenvalue weighted by molar-refractivity contribution is 7.89. The molecule has 2 aromatic carbocycles. The Hall–Kier alpha value is -3.08. The van der Waals surface area contributed by atoms with Crippen LogP contribution in [0.3, 0.4) is 0 Å². The summed E-state index contributed by atoms with van der Waals surface area (Å²) in [4.78, 5) is 24.5. The quantitative estimate of drug-likeness (QED) is 0.646. The first kappa shape index (κ1) is 20.2. The topological polar surface area (TPSA) is 119 Å². The van der Waals surface area contributed by atoms with Gasteiger partial charge in [0, 0.05) is 18.5 Å². The van der Waals surface area contributed by atoms with Crippen molar-refractivity contribution in [3.63, 3.8) is 0 Å². The maximum atomic E-state index is 12.9. The predicted octanol–water partition coefficient (Wildman–Crippen LogP) is 1.16. The number of sulfonamides is 1. The van der Waals surface area contributed by atoms with Crippen molar-refractivity contribution in [3.05, 3.63) is 70.1 Å². The smallest absolute Gasteiger partial charge is 0.357 e. The van der Waals surface area contributed by atoms with Crippen LogP contribution in [-0.2, 0) is 21.3 Å². The summed E-state index contributed by atoms with van der Waals surface area (Å²) < 4.78 is 33.4. The van der Waals surface area contributed by atoms with Crippen LogP contribution in [0.5, 0.6) is 0 Å². The third-order valence-corrected chi connectivity index (χ3v) is 6.80. The van der Waals surface area contributed by atoms with Crippen LogP contribution in [0, 0.1) is 0 Å². The van der Waals surface area contributed by atoms with Crippen LogP contribution in [-0.4, -0.2) is 59.9 Å². The maximum absolute atomic E-state index is 12.9. The molecule has 0 amide bonds. The van der Waals surface area contributed by atoms with Crippen LogP contribution < -0.4 is 5.56 Å². The molecule has 0 radical (unpaired) electrons. The van der Waals surface area contributed by atoms with E-state index in [1.54, 1.807) is 30.3 Å². The Balaban J connectivity index is 1.73. The van der Waals surface area contributed by atoms with Gasteiger partial charge in [0.2, 0.25) is 10.0 Å². The number of carboxylic acids is 1. The number of aromatic carboxylic acids is 1. The van der Waals surface area contributed by atoms with Crippen LogP contribution in [0.4, 0.5) is 0 Å². The molecule has 0 saturated carbocycles. The lowest BCUT2D eigenvalue weighted by atomic mass is 10.1. The fourth-order valence-corrected chi connectivity index (χ4v) is 4.89. The standard InChI is InChI=1S/C20H19N3O6S/c24-19-17-7-2-1-6-16(17)18(20(25)26)21-23(19)13-14-4-3-5-15(12-14)30(27,28)22-8-10-29-11-9-22/h1-7,12H,8-11,13H2,(H,25,26). The molecule has 0 unspecified atom stereocenters. The zero-order valence-electron chi connectivity index (χ0n) is 15.9. The minimum absolute atomic E-state index is 0.0591. The van der Waals surface area contributed by atoms with Gasteiger partial charge in [-0.3, -0.25) is 4.79 Å². The van der Waals surface area contributed by atoms with Crippen molar-refractivity contribution >= 4 is 26.8 Å². The van der Waals surface area contributed by atoms with Crippen molar-refractivity contribution in [3.8, 4) is 0 Å². The van der Waals surface area contributed by atoms with Crippen molar-refractivity contribution in [2.75, 3.05) is 26.3 Å². The number of hydrogen-bond acceptors (Lipinski definition) is 6. The van der Waals surface area contributed by atoms with Gasteiger partial charge in [-0.2, -0.15) is 9.40 Å². The highest BCUT2D eigenvalue weighted by Crippen LogP contribution is 2.19. The monoisotopic (exact) mass is 429 g/mol. The Labute approximate surface area is 172 Å². The van der Waals surface area contributed by atoms with E-state index < -0.39 is 21.6 Å². The second-order valence-electron chi connectivity index (χ2n) is 6.83. The summed E-state index contributed by atoms with van der Waals surface area (Å²) in [5.74, 6) is -1.25. The molecule has 30 heavy (non-hydrogen) atoms. The minimum atomic E-state index is -3.69. The van der Waals surface area contributed by atoms with Crippen molar-refractivity contribution in [1.29, 1.82) is 0 Å². The Morgan fingerprint density at radius 1 is 1.07 bits per heavy atom. The van der Waals surface area contributed by atoms with E-state index in [-0.39, 0.29) is 41.0 Å². The highest BCUT2D eigenvalue weighted by atomic mass is 32.2. The van der Waals surface area contributed by atoms with Crippen molar-refractivity contribution in [2.45, 2.75) is 11.4 Å². The molecule has 156 valence electrons. The number of morpholine rings is 1. The molecular formula is C20H19N3O6S. The normalized spacial score (nSPS) is 15.3. The van der Waals surface area contributed by atoms with E-state index in [4.69, 9.17) is 4.74 Å². The van der Waals surface area contributed by atoms with E-state index in [0.717, 1.165) is 4.68 Å². The number of fused-ring (bicyclic) bond motifs is 1. The van der Waals surface area contributed by atoms with Gasteiger partial charge in [0.1, 0.15) is 0 Å². The lowest BCUT2D eigenvalue weighted by Gasteiger charge is -2.26. The molecule has 0 atom stereocenters. The summed E-state index contributed by atoms with van der Waals surface area (Å²) >= 11 is 0. The first-order chi connectivity index (χ1) is 14.4. The molecule has 1 aliphatic rings. The van der Waals surface area contributed by atoms with Crippen LogP contribution >= 0.6 is 0 Å². The summed E-state index contributed by atoms with van der Waals surface area (Å²) in [5.41, 5.74) is -0.162. The molecule has 1 N–H and O–H groups in total. The molecule has 1 fully saturated rings. The number of nitrogens with zero attached hydrogens (tertiary/aromatic N) is 3. The minimum Gasteiger partial charge on any atom is -0.476 e. The molecular weight excluding hydrogens is 410 g/mol. The Morgan fingerprint density at radius 2 is 1.77 bits per heavy atom. The van der Waals surface area contributed by atoms with E-state index in [1.807, 2.05) is 0 Å². The van der Waals surface area contributed by atoms with Gasteiger partial charge in [0.05, 0.1) is 30.0 Å². The summed E-state index contributed by atoms with van der Waals surface area (Å²) in [6.45, 7) is 1.18. The van der Waals surface area contributed by atoms with E-state index in [2.05, 4.69) is 5.10 Å². The zero-order chi connectivity index (χ0) is 21.3. The average molecular weight is 429 g/mol. The van der Waals surface area contributed by atoms with Gasteiger partial charge in [-0.25, -0.2) is 17.9 Å². The SMILES string of the molecule is O=C(O)c1nn(Cc2cccc(S(=O)(=O)N3CCOCC3)c2)c(=O)c2ccccc12. The molecule has 9 nitrogen and oxygen atoms in total. The largest absolute Gasteiger partial charge is 0.476 e. The van der Waals surface area contributed by atoms with Crippen LogP contribution in [0.1, 0.15) is 16.1 Å². The average Bonchev–Trinajstić information content (AvgIpc) is 2.76. The van der Waals surface area contributed by atoms with Gasteiger partial charge >= 0.3 is 5.97 Å². The van der Waals surface area contributed by atoms with E-state index in [9.17, 15) is 23.1 Å². The first-order valence-electron chi connectivity index (χ1n) is 9.28. The Kier molecular flexibility index (Phi) is 5.37. The van der Waals surface area contributed by atoms with Gasteiger partial charge in [-0.05, 0) is 23.8 Å². The number of aromatic nitrogens is 2. The number of ether oxygens (including phenoxy) is 1. The highest BCUT2D eigenvalue weighted by Gasteiger charge is 2.26. The first-order valence-corrected chi connectivity index (χ1v) is 10.7. The molecule has 10 heteroatoms. The second kappa shape index (κ2) is 7.98. The molecule has 1 aliphatic heterocycles. The van der Waals surface area contributed by atoms with E-state index in [0.29, 0.717) is 18.8 Å². The number of hydrogen-bond donors (Lipinski definition) is 1. The number of rotatable bonds is 5. The molecule has 3 aromatic rings. The van der Waals surface area contributed by atoms with E-state index in [1.165, 1.54) is 22.5 Å². The van der Waals surface area contributed by atoms with Crippen molar-refractivity contribution in [2.24, 2.45) is 0 Å². The number of carbonyl (C=O) groups is 1. The fraction of sp³-hybridized carbons (Fsp3) is 0.250. The fourth-order valence-electron chi connectivity index (χ4n) is 3.41. The van der Waals surface area contributed by atoms with E-state index >= 15 is 0 Å². The predicted molar refractivity (Wildman–Crippen MR) is 108 cm³/mol. The zero-order valence-corrected chi connectivity index (χ0v) is 16.7.